The lowest BCUT2D eigenvalue weighted by atomic mass is 10.1. The first-order chi connectivity index (χ1) is 12.2. The van der Waals surface area contributed by atoms with Gasteiger partial charge in [0.05, 0.1) is 23.8 Å². The summed E-state index contributed by atoms with van der Waals surface area (Å²) in [5.41, 5.74) is 0. The summed E-state index contributed by atoms with van der Waals surface area (Å²) in [6, 6.07) is 10.1. The molecule has 1 aromatic carbocycles. The molecule has 5 nitrogen and oxygen atoms in total. The van der Waals surface area contributed by atoms with Gasteiger partial charge in [-0.1, -0.05) is 18.2 Å². The predicted octanol–water partition coefficient (Wildman–Crippen LogP) is 3.51. The predicted molar refractivity (Wildman–Crippen MR) is 93.4 cm³/mol. The van der Waals surface area contributed by atoms with Gasteiger partial charge in [0.2, 0.25) is 0 Å². The van der Waals surface area contributed by atoms with E-state index in [0.717, 1.165) is 40.2 Å². The monoisotopic (exact) mass is 357 g/mol. The van der Waals surface area contributed by atoms with Crippen LogP contribution in [-0.4, -0.2) is 40.0 Å². The number of aromatic nitrogens is 2. The lowest BCUT2D eigenvalue weighted by Crippen LogP contribution is -2.44. The molecule has 0 N–H and O–H groups in total. The fraction of sp³-hybridized carbons (Fsp3) is 0.278. The Morgan fingerprint density at radius 1 is 1.28 bits per heavy atom. The lowest BCUT2D eigenvalue weighted by molar-refractivity contribution is 0.0519. The van der Waals surface area contributed by atoms with Crippen molar-refractivity contribution in [1.29, 1.82) is 0 Å². The van der Waals surface area contributed by atoms with E-state index >= 15 is 0 Å². The number of carbonyl (C=O) groups excluding carboxylic acids is 1. The van der Waals surface area contributed by atoms with Crippen LogP contribution in [0.5, 0.6) is 6.01 Å². The maximum Gasteiger partial charge on any atom is 0.316 e. The van der Waals surface area contributed by atoms with E-state index in [1.165, 1.54) is 11.3 Å². The Bertz CT molecular complexity index is 864. The summed E-state index contributed by atoms with van der Waals surface area (Å²) in [4.78, 5) is 23.0. The molecule has 0 bridgehead atoms. The van der Waals surface area contributed by atoms with Gasteiger partial charge in [0.15, 0.2) is 5.82 Å². The van der Waals surface area contributed by atoms with Crippen molar-refractivity contribution in [3.63, 3.8) is 0 Å². The fourth-order valence-corrected chi connectivity index (χ4v) is 4.00. The molecule has 1 saturated heterocycles. The zero-order valence-corrected chi connectivity index (χ0v) is 14.2. The summed E-state index contributed by atoms with van der Waals surface area (Å²) in [7, 11) is 0. The molecule has 1 aliphatic rings. The molecule has 25 heavy (non-hydrogen) atoms. The maximum absolute atomic E-state index is 12.9. The number of fused-ring (bicyclic) bond motifs is 1. The number of amides is 1. The number of piperidine rings is 1. The second-order valence-corrected chi connectivity index (χ2v) is 7.05. The average molecular weight is 357 g/mol. The highest BCUT2D eigenvalue weighted by atomic mass is 32.1. The Morgan fingerprint density at radius 2 is 2.08 bits per heavy atom. The molecule has 1 atom stereocenters. The van der Waals surface area contributed by atoms with Gasteiger partial charge in [-0.2, -0.15) is 0 Å². The number of nitrogens with zero attached hydrogens (tertiary/aromatic N) is 3. The number of carbonyl (C=O) groups is 1. The summed E-state index contributed by atoms with van der Waals surface area (Å²) >= 11 is 1.51. The quantitative estimate of drug-likeness (QED) is 0.720. The Balaban J connectivity index is 1.46. The van der Waals surface area contributed by atoms with E-state index in [-0.39, 0.29) is 18.0 Å². The van der Waals surface area contributed by atoms with E-state index in [1.54, 1.807) is 0 Å². The van der Waals surface area contributed by atoms with Gasteiger partial charge in [-0.15, -0.1) is 11.3 Å². The molecule has 128 valence electrons. The average Bonchev–Trinajstić information content (AvgIpc) is 3.07. The van der Waals surface area contributed by atoms with Gasteiger partial charge in [-0.3, -0.25) is 4.79 Å². The van der Waals surface area contributed by atoms with E-state index in [1.807, 2.05) is 35.2 Å². The van der Waals surface area contributed by atoms with Gasteiger partial charge in [-0.05, 0) is 30.4 Å². The van der Waals surface area contributed by atoms with Crippen LogP contribution in [0, 0.1) is 5.82 Å². The van der Waals surface area contributed by atoms with Crippen molar-refractivity contribution in [2.24, 2.45) is 0 Å². The van der Waals surface area contributed by atoms with Crippen LogP contribution in [0.25, 0.3) is 10.1 Å². The molecule has 4 rings (SSSR count). The van der Waals surface area contributed by atoms with E-state index < -0.39 is 5.82 Å². The molecule has 0 saturated carbocycles. The number of benzene rings is 1. The zero-order valence-electron chi connectivity index (χ0n) is 13.4. The number of ether oxygens (including phenoxy) is 1. The standard InChI is InChI=1S/C18H16FN3O2S/c19-13-9-20-18(21-10-13)24-14-5-3-7-22(11-14)17(23)16-8-12-4-1-2-6-15(12)25-16/h1-2,4,6,8-10,14H,3,5,7,11H2. The molecule has 2 aromatic heterocycles. The van der Waals surface area contributed by atoms with Crippen LogP contribution in [0.4, 0.5) is 4.39 Å². The van der Waals surface area contributed by atoms with Crippen molar-refractivity contribution < 1.29 is 13.9 Å². The minimum Gasteiger partial charge on any atom is -0.458 e. The first-order valence-corrected chi connectivity index (χ1v) is 8.93. The van der Waals surface area contributed by atoms with Gasteiger partial charge in [0, 0.05) is 11.2 Å². The van der Waals surface area contributed by atoms with Crippen molar-refractivity contribution >= 4 is 27.3 Å². The number of hydrogen-bond acceptors (Lipinski definition) is 5. The fourth-order valence-electron chi connectivity index (χ4n) is 2.97. The Labute approximate surface area is 148 Å². The highest BCUT2D eigenvalue weighted by Gasteiger charge is 2.27. The zero-order chi connectivity index (χ0) is 17.2. The number of likely N-dealkylation sites (tertiary alicyclic amines) is 1. The molecule has 1 aliphatic heterocycles. The SMILES string of the molecule is O=C(c1cc2ccccc2s1)N1CCCC(Oc2ncc(F)cn2)C1. The second kappa shape index (κ2) is 6.76. The van der Waals surface area contributed by atoms with Gasteiger partial charge in [0.25, 0.3) is 5.91 Å². The van der Waals surface area contributed by atoms with Crippen molar-refractivity contribution in [2.45, 2.75) is 18.9 Å². The van der Waals surface area contributed by atoms with Crippen molar-refractivity contribution in [1.82, 2.24) is 14.9 Å². The van der Waals surface area contributed by atoms with Crippen molar-refractivity contribution in [3.05, 3.63) is 53.4 Å². The van der Waals surface area contributed by atoms with Crippen LogP contribution in [0.15, 0.2) is 42.7 Å². The van der Waals surface area contributed by atoms with Crippen LogP contribution >= 0.6 is 11.3 Å². The van der Waals surface area contributed by atoms with Gasteiger partial charge in [0.1, 0.15) is 6.10 Å². The third-order valence-corrected chi connectivity index (χ3v) is 5.27. The van der Waals surface area contributed by atoms with Crippen LogP contribution in [-0.2, 0) is 0 Å². The van der Waals surface area contributed by atoms with E-state index in [9.17, 15) is 9.18 Å². The molecular formula is C18H16FN3O2S. The van der Waals surface area contributed by atoms with Crippen molar-refractivity contribution in [2.75, 3.05) is 13.1 Å². The van der Waals surface area contributed by atoms with Crippen molar-refractivity contribution in [3.8, 4) is 6.01 Å². The summed E-state index contributed by atoms with van der Waals surface area (Å²) in [6.07, 6.45) is 3.63. The number of rotatable bonds is 3. The molecule has 3 heterocycles. The summed E-state index contributed by atoms with van der Waals surface area (Å²) in [6.45, 7) is 1.19. The molecule has 1 unspecified atom stereocenters. The van der Waals surface area contributed by atoms with Crippen LogP contribution in [0.1, 0.15) is 22.5 Å². The Hall–Kier alpha value is -2.54. The topological polar surface area (TPSA) is 55.3 Å². The second-order valence-electron chi connectivity index (χ2n) is 5.97. The summed E-state index contributed by atoms with van der Waals surface area (Å²) in [5.74, 6) is -0.480. The Morgan fingerprint density at radius 3 is 2.88 bits per heavy atom. The minimum atomic E-state index is -0.502. The highest BCUT2D eigenvalue weighted by molar-refractivity contribution is 7.20. The molecular weight excluding hydrogens is 341 g/mol. The molecule has 0 aliphatic carbocycles. The molecule has 1 fully saturated rings. The largest absolute Gasteiger partial charge is 0.458 e. The van der Waals surface area contributed by atoms with Crippen LogP contribution in [0.3, 0.4) is 0 Å². The van der Waals surface area contributed by atoms with E-state index in [4.69, 9.17) is 4.74 Å². The maximum atomic E-state index is 12.9. The number of halogens is 1. The van der Waals surface area contributed by atoms with E-state index in [2.05, 4.69) is 9.97 Å². The van der Waals surface area contributed by atoms with E-state index in [0.29, 0.717) is 13.1 Å². The first kappa shape index (κ1) is 16.0. The normalized spacial score (nSPS) is 17.6. The van der Waals surface area contributed by atoms with Crippen LogP contribution in [0.2, 0.25) is 0 Å². The smallest absolute Gasteiger partial charge is 0.316 e. The molecule has 1 amide bonds. The van der Waals surface area contributed by atoms with Gasteiger partial charge in [-0.25, -0.2) is 14.4 Å². The molecule has 0 radical (unpaired) electrons. The van der Waals surface area contributed by atoms with Crippen LogP contribution < -0.4 is 4.74 Å². The summed E-state index contributed by atoms with van der Waals surface area (Å²) in [5, 5.41) is 1.08. The lowest BCUT2D eigenvalue weighted by Gasteiger charge is -2.32. The van der Waals surface area contributed by atoms with Gasteiger partial charge < -0.3 is 9.64 Å². The highest BCUT2D eigenvalue weighted by Crippen LogP contribution is 2.27. The summed E-state index contributed by atoms with van der Waals surface area (Å²) < 4.78 is 19.7. The number of hydrogen-bond donors (Lipinski definition) is 0. The molecule has 7 heteroatoms. The third kappa shape index (κ3) is 3.46. The third-order valence-electron chi connectivity index (χ3n) is 4.17. The molecule has 0 spiro atoms. The number of thiophene rings is 1. The first-order valence-electron chi connectivity index (χ1n) is 8.11. The minimum absolute atomic E-state index is 0.0227. The van der Waals surface area contributed by atoms with Gasteiger partial charge >= 0.3 is 6.01 Å². The molecule has 3 aromatic rings. The Kier molecular flexibility index (Phi) is 4.31.